The number of aromatic nitrogens is 2. The maximum atomic E-state index is 12.1. The largest absolute Gasteiger partial charge is 0.573 e. The van der Waals surface area contributed by atoms with E-state index in [4.69, 9.17) is 0 Å². The molecular formula is C17H21F3N6O2. The summed E-state index contributed by atoms with van der Waals surface area (Å²) in [5, 5.41) is 11.2. The molecule has 0 aliphatic heterocycles. The average molecular weight is 398 g/mol. The molecule has 0 unspecified atom stereocenters. The Hall–Kier alpha value is -3.24. The van der Waals surface area contributed by atoms with Crippen molar-refractivity contribution in [1.82, 2.24) is 15.3 Å². The molecule has 2 amide bonds. The highest BCUT2D eigenvalue weighted by Gasteiger charge is 2.30. The van der Waals surface area contributed by atoms with E-state index in [1.807, 2.05) is 19.9 Å². The van der Waals surface area contributed by atoms with Gasteiger partial charge in [0.15, 0.2) is 0 Å². The van der Waals surface area contributed by atoms with Crippen LogP contribution in [0.25, 0.3) is 0 Å². The van der Waals surface area contributed by atoms with Crippen LogP contribution in [0.2, 0.25) is 0 Å². The Kier molecular flexibility index (Phi) is 7.24. The van der Waals surface area contributed by atoms with E-state index >= 15 is 0 Å². The SMILES string of the molecule is CCNc1cc(C)nc(NCCNC(=O)Nc2ccc(OC(F)(F)F)cc2)n1. The van der Waals surface area contributed by atoms with Crippen molar-refractivity contribution in [1.29, 1.82) is 0 Å². The van der Waals surface area contributed by atoms with Gasteiger partial charge in [0.25, 0.3) is 0 Å². The minimum absolute atomic E-state index is 0.287. The molecule has 0 saturated heterocycles. The van der Waals surface area contributed by atoms with Gasteiger partial charge in [0, 0.05) is 37.1 Å². The molecule has 0 aliphatic carbocycles. The summed E-state index contributed by atoms with van der Waals surface area (Å²) in [7, 11) is 0. The molecule has 2 rings (SSSR count). The topological polar surface area (TPSA) is 100 Å². The normalized spacial score (nSPS) is 10.9. The number of nitrogens with one attached hydrogen (secondary N) is 4. The van der Waals surface area contributed by atoms with Gasteiger partial charge in [-0.25, -0.2) is 9.78 Å². The number of nitrogens with zero attached hydrogens (tertiary/aromatic N) is 2. The first kappa shape index (κ1) is 21.1. The summed E-state index contributed by atoms with van der Waals surface area (Å²) in [6.45, 7) is 5.23. The maximum Gasteiger partial charge on any atom is 0.573 e. The molecule has 11 heteroatoms. The lowest BCUT2D eigenvalue weighted by Gasteiger charge is -2.11. The van der Waals surface area contributed by atoms with E-state index in [1.54, 1.807) is 0 Å². The van der Waals surface area contributed by atoms with Crippen molar-refractivity contribution in [3.63, 3.8) is 0 Å². The third-order valence-electron chi connectivity index (χ3n) is 3.25. The van der Waals surface area contributed by atoms with Crippen molar-refractivity contribution in [2.24, 2.45) is 0 Å². The maximum absolute atomic E-state index is 12.1. The van der Waals surface area contributed by atoms with Gasteiger partial charge in [-0.3, -0.25) is 0 Å². The number of anilines is 3. The number of aryl methyl sites for hydroxylation is 1. The number of carbonyl (C=O) groups is 1. The second-order valence-corrected chi connectivity index (χ2v) is 5.63. The van der Waals surface area contributed by atoms with Gasteiger partial charge in [0.2, 0.25) is 5.95 Å². The zero-order chi connectivity index (χ0) is 20.6. The monoisotopic (exact) mass is 398 g/mol. The predicted octanol–water partition coefficient (Wildman–Crippen LogP) is 3.35. The molecule has 0 saturated carbocycles. The number of hydrogen-bond donors (Lipinski definition) is 4. The van der Waals surface area contributed by atoms with Crippen molar-refractivity contribution in [3.8, 4) is 5.75 Å². The van der Waals surface area contributed by atoms with Crippen LogP contribution in [0, 0.1) is 6.92 Å². The van der Waals surface area contributed by atoms with Gasteiger partial charge in [-0.05, 0) is 38.1 Å². The highest BCUT2D eigenvalue weighted by atomic mass is 19.4. The van der Waals surface area contributed by atoms with E-state index in [0.29, 0.717) is 24.0 Å². The molecule has 0 radical (unpaired) electrons. The Morgan fingerprint density at radius 3 is 2.46 bits per heavy atom. The van der Waals surface area contributed by atoms with Gasteiger partial charge in [-0.2, -0.15) is 4.98 Å². The fraction of sp³-hybridized carbons (Fsp3) is 0.353. The fourth-order valence-electron chi connectivity index (χ4n) is 2.18. The Morgan fingerprint density at radius 2 is 1.82 bits per heavy atom. The van der Waals surface area contributed by atoms with E-state index in [1.165, 1.54) is 12.1 Å². The summed E-state index contributed by atoms with van der Waals surface area (Å²) in [5.74, 6) is 0.789. The third kappa shape index (κ3) is 7.56. The van der Waals surface area contributed by atoms with Crippen molar-refractivity contribution < 1.29 is 22.7 Å². The van der Waals surface area contributed by atoms with E-state index in [2.05, 4.69) is 36.0 Å². The highest BCUT2D eigenvalue weighted by Crippen LogP contribution is 2.23. The first-order valence-corrected chi connectivity index (χ1v) is 8.49. The van der Waals surface area contributed by atoms with E-state index in [-0.39, 0.29) is 12.3 Å². The number of amides is 2. The number of ether oxygens (including phenoxy) is 1. The molecule has 0 aliphatic rings. The Morgan fingerprint density at radius 1 is 1.11 bits per heavy atom. The minimum atomic E-state index is -4.76. The smallest absolute Gasteiger partial charge is 0.406 e. The summed E-state index contributed by atoms with van der Waals surface area (Å²) >= 11 is 0. The molecule has 0 bridgehead atoms. The summed E-state index contributed by atoms with van der Waals surface area (Å²) in [6, 6.07) is 6.17. The summed E-state index contributed by atoms with van der Waals surface area (Å²) in [4.78, 5) is 20.4. The van der Waals surface area contributed by atoms with Crippen LogP contribution in [0.3, 0.4) is 0 Å². The Bertz CT molecular complexity index is 783. The molecule has 8 nitrogen and oxygen atoms in total. The second-order valence-electron chi connectivity index (χ2n) is 5.63. The molecular weight excluding hydrogens is 377 g/mol. The molecule has 1 aromatic carbocycles. The van der Waals surface area contributed by atoms with Crippen LogP contribution in [0.15, 0.2) is 30.3 Å². The number of rotatable bonds is 8. The summed E-state index contributed by atoms with van der Waals surface area (Å²) in [5.41, 5.74) is 1.13. The lowest BCUT2D eigenvalue weighted by Crippen LogP contribution is -2.32. The van der Waals surface area contributed by atoms with Crippen LogP contribution >= 0.6 is 0 Å². The van der Waals surface area contributed by atoms with Crippen LogP contribution in [-0.2, 0) is 0 Å². The second kappa shape index (κ2) is 9.62. The number of benzene rings is 1. The van der Waals surface area contributed by atoms with Crippen LogP contribution in [0.5, 0.6) is 5.75 Å². The summed E-state index contributed by atoms with van der Waals surface area (Å²) < 4.78 is 40.1. The van der Waals surface area contributed by atoms with Crippen LogP contribution in [-0.4, -0.2) is 42.0 Å². The average Bonchev–Trinajstić information content (AvgIpc) is 2.59. The van der Waals surface area contributed by atoms with E-state index in [9.17, 15) is 18.0 Å². The molecule has 0 spiro atoms. The Labute approximate surface area is 159 Å². The van der Waals surface area contributed by atoms with Gasteiger partial charge >= 0.3 is 12.4 Å². The predicted molar refractivity (Wildman–Crippen MR) is 99.6 cm³/mol. The van der Waals surface area contributed by atoms with Crippen molar-refractivity contribution in [3.05, 3.63) is 36.0 Å². The van der Waals surface area contributed by atoms with Gasteiger partial charge in [-0.1, -0.05) is 0 Å². The Balaban J connectivity index is 1.74. The van der Waals surface area contributed by atoms with E-state index < -0.39 is 12.4 Å². The standard InChI is InChI=1S/C17H21F3N6O2/c1-3-21-14-10-11(2)24-15(26-14)22-8-9-23-16(27)25-12-4-6-13(7-5-12)28-17(18,19)20/h4-7,10H,3,8-9H2,1-2H3,(H2,23,25,27)(H2,21,22,24,26). The minimum Gasteiger partial charge on any atom is -0.406 e. The molecule has 0 fully saturated rings. The van der Waals surface area contributed by atoms with Crippen LogP contribution in [0.4, 0.5) is 35.4 Å². The number of halogens is 3. The quantitative estimate of drug-likeness (QED) is 0.509. The zero-order valence-corrected chi connectivity index (χ0v) is 15.4. The number of urea groups is 1. The van der Waals surface area contributed by atoms with E-state index in [0.717, 1.165) is 24.4 Å². The van der Waals surface area contributed by atoms with Crippen molar-refractivity contribution in [2.45, 2.75) is 20.2 Å². The van der Waals surface area contributed by atoms with Gasteiger partial charge < -0.3 is 26.0 Å². The molecule has 2 aromatic rings. The van der Waals surface area contributed by atoms with Crippen LogP contribution in [0.1, 0.15) is 12.6 Å². The third-order valence-corrected chi connectivity index (χ3v) is 3.25. The molecule has 4 N–H and O–H groups in total. The fourth-order valence-corrected chi connectivity index (χ4v) is 2.18. The highest BCUT2D eigenvalue weighted by molar-refractivity contribution is 5.89. The lowest BCUT2D eigenvalue weighted by molar-refractivity contribution is -0.274. The molecule has 152 valence electrons. The summed E-state index contributed by atoms with van der Waals surface area (Å²) in [6.07, 6.45) is -4.76. The first-order valence-electron chi connectivity index (χ1n) is 8.49. The number of hydrogen-bond acceptors (Lipinski definition) is 6. The van der Waals surface area contributed by atoms with Gasteiger partial charge in [0.1, 0.15) is 11.6 Å². The van der Waals surface area contributed by atoms with Crippen molar-refractivity contribution >= 4 is 23.5 Å². The molecule has 1 heterocycles. The van der Waals surface area contributed by atoms with Crippen molar-refractivity contribution in [2.75, 3.05) is 35.6 Å². The molecule has 1 aromatic heterocycles. The number of carbonyl (C=O) groups excluding carboxylic acids is 1. The molecule has 28 heavy (non-hydrogen) atoms. The number of alkyl halides is 3. The van der Waals surface area contributed by atoms with Gasteiger partial charge in [0.05, 0.1) is 0 Å². The zero-order valence-electron chi connectivity index (χ0n) is 15.4. The van der Waals surface area contributed by atoms with Crippen LogP contribution < -0.4 is 26.0 Å². The van der Waals surface area contributed by atoms with Gasteiger partial charge in [-0.15, -0.1) is 13.2 Å². The lowest BCUT2D eigenvalue weighted by atomic mass is 10.3. The molecule has 0 atom stereocenters. The first-order chi connectivity index (χ1) is 13.2.